The van der Waals surface area contributed by atoms with Gasteiger partial charge in [-0.05, 0) is 40.5 Å². The van der Waals surface area contributed by atoms with Gasteiger partial charge in [-0.1, -0.05) is 62.4 Å². The molecule has 3 atom stereocenters. The summed E-state index contributed by atoms with van der Waals surface area (Å²) in [6, 6.07) is 14.9. The third-order valence-corrected chi connectivity index (χ3v) is 6.96. The van der Waals surface area contributed by atoms with Crippen LogP contribution in [0.4, 0.5) is 4.79 Å². The summed E-state index contributed by atoms with van der Waals surface area (Å²) < 4.78 is 5.51. The first-order chi connectivity index (χ1) is 15.8. The molecular weight excluding hydrogens is 420 g/mol. The number of aliphatic carboxylic acids is 1. The smallest absolute Gasteiger partial charge is 0.407 e. The first-order valence-corrected chi connectivity index (χ1v) is 11.5. The predicted molar refractivity (Wildman–Crippen MR) is 124 cm³/mol. The summed E-state index contributed by atoms with van der Waals surface area (Å²) in [4.78, 5) is 38.7. The van der Waals surface area contributed by atoms with Crippen LogP contribution in [-0.4, -0.2) is 53.7 Å². The zero-order chi connectivity index (χ0) is 23.5. The minimum absolute atomic E-state index is 0.103. The van der Waals surface area contributed by atoms with Crippen molar-refractivity contribution in [3.05, 3.63) is 59.7 Å². The van der Waals surface area contributed by atoms with Crippen molar-refractivity contribution in [3.8, 4) is 11.1 Å². The number of nitrogens with zero attached hydrogens (tertiary/aromatic N) is 1. The van der Waals surface area contributed by atoms with Gasteiger partial charge in [0, 0.05) is 19.0 Å². The number of likely N-dealkylation sites (tertiary alicyclic amines) is 1. The van der Waals surface area contributed by atoms with Gasteiger partial charge in [0.25, 0.3) is 0 Å². The maximum absolute atomic E-state index is 13.0. The van der Waals surface area contributed by atoms with Crippen LogP contribution in [-0.2, 0) is 14.3 Å². The van der Waals surface area contributed by atoms with Crippen LogP contribution >= 0.6 is 0 Å². The Balaban J connectivity index is 1.42. The van der Waals surface area contributed by atoms with Crippen molar-refractivity contribution < 1.29 is 24.2 Å². The van der Waals surface area contributed by atoms with E-state index < -0.39 is 24.5 Å². The monoisotopic (exact) mass is 450 g/mol. The molecule has 2 N–H and O–H groups in total. The van der Waals surface area contributed by atoms with Crippen LogP contribution in [0.3, 0.4) is 0 Å². The maximum atomic E-state index is 13.0. The molecule has 0 spiro atoms. The number of hydrogen-bond donors (Lipinski definition) is 2. The normalized spacial score (nSPS) is 20.5. The second kappa shape index (κ2) is 9.65. The third-order valence-electron chi connectivity index (χ3n) is 6.96. The summed E-state index contributed by atoms with van der Waals surface area (Å²) in [7, 11) is 0. The zero-order valence-electron chi connectivity index (χ0n) is 19.0. The molecule has 7 nitrogen and oxygen atoms in total. The van der Waals surface area contributed by atoms with Crippen molar-refractivity contribution in [2.75, 3.05) is 19.7 Å². The van der Waals surface area contributed by atoms with Crippen LogP contribution in [0, 0.1) is 11.8 Å². The van der Waals surface area contributed by atoms with E-state index in [0.29, 0.717) is 24.9 Å². The van der Waals surface area contributed by atoms with Crippen molar-refractivity contribution in [3.63, 3.8) is 0 Å². The predicted octanol–water partition coefficient (Wildman–Crippen LogP) is 3.87. The van der Waals surface area contributed by atoms with Gasteiger partial charge in [-0.25, -0.2) is 4.79 Å². The molecule has 1 saturated heterocycles. The highest BCUT2D eigenvalue weighted by Crippen LogP contribution is 2.44. The lowest BCUT2D eigenvalue weighted by Crippen LogP contribution is -2.53. The molecule has 1 fully saturated rings. The Kier molecular flexibility index (Phi) is 6.67. The molecule has 2 amide bonds. The number of carbonyl (C=O) groups is 3. The van der Waals surface area contributed by atoms with Crippen molar-refractivity contribution in [2.45, 2.75) is 38.6 Å². The Morgan fingerprint density at radius 2 is 1.64 bits per heavy atom. The molecule has 174 valence electrons. The number of fused-ring (bicyclic) bond motifs is 3. The quantitative estimate of drug-likeness (QED) is 0.697. The van der Waals surface area contributed by atoms with Crippen molar-refractivity contribution in [1.82, 2.24) is 10.2 Å². The highest BCUT2D eigenvalue weighted by Gasteiger charge is 2.34. The third kappa shape index (κ3) is 4.87. The van der Waals surface area contributed by atoms with E-state index in [0.717, 1.165) is 28.7 Å². The largest absolute Gasteiger partial charge is 0.481 e. The molecular formula is C26H30N2O5. The number of carbonyl (C=O) groups excluding carboxylic acids is 2. The average molecular weight is 451 g/mol. The number of carboxylic acids is 1. The second-order valence-electron chi connectivity index (χ2n) is 9.15. The average Bonchev–Trinajstić information content (AvgIpc) is 3.12. The van der Waals surface area contributed by atoms with E-state index in [2.05, 4.69) is 31.3 Å². The van der Waals surface area contributed by atoms with Crippen LogP contribution in [0.1, 0.15) is 43.7 Å². The number of alkyl carbamates (subject to hydrolysis) is 1. The Labute approximate surface area is 193 Å². The number of benzene rings is 2. The van der Waals surface area contributed by atoms with Crippen LogP contribution in [0.25, 0.3) is 11.1 Å². The topological polar surface area (TPSA) is 95.9 Å². The lowest BCUT2D eigenvalue weighted by Gasteiger charge is -2.37. The molecule has 0 saturated carbocycles. The number of nitrogens with one attached hydrogen (secondary N) is 1. The van der Waals surface area contributed by atoms with Crippen molar-refractivity contribution >= 4 is 18.0 Å². The highest BCUT2D eigenvalue weighted by atomic mass is 16.5. The molecule has 0 bridgehead atoms. The van der Waals surface area contributed by atoms with E-state index in [4.69, 9.17) is 4.74 Å². The number of piperidine rings is 1. The molecule has 0 radical (unpaired) electrons. The maximum Gasteiger partial charge on any atom is 0.407 e. The summed E-state index contributed by atoms with van der Waals surface area (Å²) in [6.45, 7) is 5.45. The molecule has 4 rings (SSSR count). The summed E-state index contributed by atoms with van der Waals surface area (Å²) in [5.74, 6) is -0.804. The first kappa shape index (κ1) is 22.8. The second-order valence-corrected chi connectivity index (χ2v) is 9.15. The molecule has 2 aromatic rings. The van der Waals surface area contributed by atoms with Crippen LogP contribution < -0.4 is 5.32 Å². The fourth-order valence-electron chi connectivity index (χ4n) is 4.84. The molecule has 1 heterocycles. The molecule has 33 heavy (non-hydrogen) atoms. The van der Waals surface area contributed by atoms with E-state index in [9.17, 15) is 19.5 Å². The fourth-order valence-corrected chi connectivity index (χ4v) is 4.84. The van der Waals surface area contributed by atoms with Crippen molar-refractivity contribution in [2.24, 2.45) is 11.8 Å². The van der Waals surface area contributed by atoms with Gasteiger partial charge in [0.05, 0.1) is 6.42 Å². The highest BCUT2D eigenvalue weighted by molar-refractivity contribution is 5.89. The fraction of sp³-hybridized carbons (Fsp3) is 0.423. The standard InChI is InChI=1S/C26H30N2O5/c1-16-11-12-28(14-17(16)2)25(31)23(13-24(29)30)27-26(32)33-15-22-20-9-5-3-7-18(20)19-8-4-6-10-21(19)22/h3-10,16-17,22-23H,11-15H2,1-2H3,(H,27,32)(H,29,30). The van der Waals surface area contributed by atoms with E-state index in [1.165, 1.54) is 0 Å². The van der Waals surface area contributed by atoms with Gasteiger partial charge in [-0.3, -0.25) is 9.59 Å². The molecule has 2 aromatic carbocycles. The molecule has 3 unspecified atom stereocenters. The van der Waals surface area contributed by atoms with Gasteiger partial charge >= 0.3 is 12.1 Å². The minimum Gasteiger partial charge on any atom is -0.481 e. The lowest BCUT2D eigenvalue weighted by molar-refractivity contribution is -0.143. The first-order valence-electron chi connectivity index (χ1n) is 11.5. The Hall–Kier alpha value is -3.35. The van der Waals surface area contributed by atoms with Crippen LogP contribution in [0.15, 0.2) is 48.5 Å². The summed E-state index contributed by atoms with van der Waals surface area (Å²) in [5, 5.41) is 11.8. The molecule has 2 aliphatic rings. The molecule has 1 aliphatic heterocycles. The van der Waals surface area contributed by atoms with E-state index in [-0.39, 0.29) is 18.4 Å². The van der Waals surface area contributed by atoms with Gasteiger partial charge in [0.15, 0.2) is 0 Å². The van der Waals surface area contributed by atoms with Gasteiger partial charge in [0.2, 0.25) is 5.91 Å². The van der Waals surface area contributed by atoms with Gasteiger partial charge < -0.3 is 20.1 Å². The molecule has 0 aromatic heterocycles. The van der Waals surface area contributed by atoms with Gasteiger partial charge in [0.1, 0.15) is 12.6 Å². The van der Waals surface area contributed by atoms with Gasteiger partial charge in [-0.15, -0.1) is 0 Å². The Morgan fingerprint density at radius 3 is 2.21 bits per heavy atom. The number of hydrogen-bond acceptors (Lipinski definition) is 4. The summed E-state index contributed by atoms with van der Waals surface area (Å²) in [6.07, 6.45) is -0.406. The lowest BCUT2D eigenvalue weighted by atomic mass is 9.88. The number of ether oxygens (including phenoxy) is 1. The van der Waals surface area contributed by atoms with Gasteiger partial charge in [-0.2, -0.15) is 0 Å². The number of amides is 2. The number of carboxylic acid groups (broad SMARTS) is 1. The van der Waals surface area contributed by atoms with E-state index >= 15 is 0 Å². The summed E-state index contributed by atoms with van der Waals surface area (Å²) in [5.41, 5.74) is 4.41. The number of rotatable bonds is 6. The minimum atomic E-state index is -1.15. The van der Waals surface area contributed by atoms with Crippen LogP contribution in [0.5, 0.6) is 0 Å². The van der Waals surface area contributed by atoms with Crippen LogP contribution in [0.2, 0.25) is 0 Å². The Morgan fingerprint density at radius 1 is 1.03 bits per heavy atom. The Bertz CT molecular complexity index is 1010. The zero-order valence-corrected chi connectivity index (χ0v) is 19.0. The van der Waals surface area contributed by atoms with Crippen molar-refractivity contribution in [1.29, 1.82) is 0 Å². The SMILES string of the molecule is CC1CCN(C(=O)C(CC(=O)O)NC(=O)OCC2c3ccccc3-c3ccccc32)CC1C. The molecule has 7 heteroatoms. The van der Waals surface area contributed by atoms with E-state index in [1.807, 2.05) is 36.4 Å². The summed E-state index contributed by atoms with van der Waals surface area (Å²) >= 11 is 0. The molecule has 1 aliphatic carbocycles. The van der Waals surface area contributed by atoms with E-state index in [1.54, 1.807) is 4.90 Å².